The third-order valence-electron chi connectivity index (χ3n) is 4.45. The summed E-state index contributed by atoms with van der Waals surface area (Å²) in [5.74, 6) is -0.232. The van der Waals surface area contributed by atoms with Gasteiger partial charge >= 0.3 is 0 Å². The highest BCUT2D eigenvalue weighted by Crippen LogP contribution is 2.19. The van der Waals surface area contributed by atoms with Crippen LogP contribution in [0.2, 0.25) is 0 Å². The molecule has 1 fully saturated rings. The summed E-state index contributed by atoms with van der Waals surface area (Å²) < 4.78 is 4.50. The van der Waals surface area contributed by atoms with E-state index < -0.39 is 0 Å². The molecule has 2 aromatic rings. The summed E-state index contributed by atoms with van der Waals surface area (Å²) in [5.41, 5.74) is 6.42. The summed E-state index contributed by atoms with van der Waals surface area (Å²) in [5, 5.41) is 20.8. The standard InChI is InChI=1S/C16H21N5O4/c17-8-7-15(22)18-11-2-4-12(5-3-11)19-16(23)10-1-6-14-13(9-10)20-25-21(14)24/h1,6,9,11-12H,2-5,7-8,17H2,(H,18,22)(H,19,23). The first kappa shape index (κ1) is 17.2. The minimum atomic E-state index is -0.210. The smallest absolute Gasteiger partial charge is 0.251 e. The lowest BCUT2D eigenvalue weighted by Crippen LogP contribution is -2.44. The lowest BCUT2D eigenvalue weighted by Gasteiger charge is -2.29. The summed E-state index contributed by atoms with van der Waals surface area (Å²) in [6, 6.07) is 4.82. The van der Waals surface area contributed by atoms with E-state index in [-0.39, 0.29) is 29.4 Å². The second-order valence-electron chi connectivity index (χ2n) is 6.26. The van der Waals surface area contributed by atoms with Crippen LogP contribution in [0, 0.1) is 5.21 Å². The van der Waals surface area contributed by atoms with Gasteiger partial charge in [-0.25, -0.2) is 0 Å². The zero-order valence-corrected chi connectivity index (χ0v) is 13.7. The molecular weight excluding hydrogens is 326 g/mol. The van der Waals surface area contributed by atoms with Crippen molar-refractivity contribution < 1.29 is 19.1 Å². The number of nitrogens with one attached hydrogen (secondary N) is 2. The highest BCUT2D eigenvalue weighted by atomic mass is 16.8. The van der Waals surface area contributed by atoms with Crippen LogP contribution in [0.4, 0.5) is 0 Å². The topological polar surface area (TPSA) is 137 Å². The van der Waals surface area contributed by atoms with E-state index >= 15 is 0 Å². The van der Waals surface area contributed by atoms with Crippen molar-refractivity contribution in [2.45, 2.75) is 44.2 Å². The Labute approximate surface area is 144 Å². The van der Waals surface area contributed by atoms with Gasteiger partial charge in [-0.05, 0) is 42.7 Å². The van der Waals surface area contributed by atoms with E-state index in [1.54, 1.807) is 6.07 Å². The molecule has 25 heavy (non-hydrogen) atoms. The molecule has 0 aliphatic heterocycles. The van der Waals surface area contributed by atoms with E-state index in [0.717, 1.165) is 25.7 Å². The maximum absolute atomic E-state index is 12.4. The van der Waals surface area contributed by atoms with Gasteiger partial charge in [-0.3, -0.25) is 14.2 Å². The lowest BCUT2D eigenvalue weighted by atomic mass is 9.91. The normalized spacial score (nSPS) is 20.4. The Morgan fingerprint density at radius 2 is 1.92 bits per heavy atom. The molecule has 1 aromatic carbocycles. The maximum Gasteiger partial charge on any atom is 0.251 e. The number of carbonyl (C=O) groups is 2. The lowest BCUT2D eigenvalue weighted by molar-refractivity contribution is -0.782. The van der Waals surface area contributed by atoms with Crippen LogP contribution in [-0.2, 0) is 4.79 Å². The van der Waals surface area contributed by atoms with E-state index in [1.807, 2.05) is 0 Å². The van der Waals surface area contributed by atoms with Gasteiger partial charge in [-0.15, -0.1) is 0 Å². The Balaban J connectivity index is 1.52. The molecule has 0 atom stereocenters. The summed E-state index contributed by atoms with van der Waals surface area (Å²) in [6.07, 6.45) is 3.57. The fourth-order valence-corrected chi connectivity index (χ4v) is 3.10. The molecule has 1 aromatic heterocycles. The molecule has 1 saturated carbocycles. The molecule has 0 radical (unpaired) electrons. The largest absolute Gasteiger partial charge is 0.359 e. The SMILES string of the molecule is NCCC(=O)NC1CCC(NC(=O)c2ccc3c(c2)no[n+]3[O-])CC1. The number of rotatable bonds is 5. The van der Waals surface area contributed by atoms with Gasteiger partial charge in [0.2, 0.25) is 16.9 Å². The number of nitrogens with two attached hydrogens (primary N) is 1. The molecule has 0 bridgehead atoms. The summed E-state index contributed by atoms with van der Waals surface area (Å²) in [4.78, 5) is 24.2. The minimum Gasteiger partial charge on any atom is -0.359 e. The Morgan fingerprint density at radius 3 is 2.60 bits per heavy atom. The number of carbonyl (C=O) groups excluding carboxylic acids is 2. The average molecular weight is 347 g/mol. The highest BCUT2D eigenvalue weighted by molar-refractivity contribution is 5.97. The molecule has 1 aliphatic carbocycles. The van der Waals surface area contributed by atoms with Gasteiger partial charge < -0.3 is 21.6 Å². The Bertz CT molecular complexity index is 767. The monoisotopic (exact) mass is 347 g/mol. The number of benzene rings is 1. The molecule has 0 spiro atoms. The van der Waals surface area contributed by atoms with Gasteiger partial charge in [0.05, 0.1) is 0 Å². The minimum absolute atomic E-state index is 0.0217. The molecule has 1 aliphatic rings. The van der Waals surface area contributed by atoms with E-state index in [0.29, 0.717) is 28.9 Å². The van der Waals surface area contributed by atoms with E-state index in [2.05, 4.69) is 20.4 Å². The zero-order chi connectivity index (χ0) is 17.8. The number of hydrogen-bond donors (Lipinski definition) is 3. The van der Waals surface area contributed by atoms with Crippen LogP contribution in [-0.4, -0.2) is 35.6 Å². The number of aromatic nitrogens is 2. The number of hydrogen-bond acceptors (Lipinski definition) is 6. The van der Waals surface area contributed by atoms with E-state index in [1.165, 1.54) is 12.1 Å². The van der Waals surface area contributed by atoms with Crippen molar-refractivity contribution in [2.24, 2.45) is 5.73 Å². The average Bonchev–Trinajstić information content (AvgIpc) is 2.97. The summed E-state index contributed by atoms with van der Waals surface area (Å²) in [7, 11) is 0. The molecule has 4 N–H and O–H groups in total. The molecule has 1 heterocycles. The van der Waals surface area contributed by atoms with Crippen LogP contribution in [0.25, 0.3) is 11.0 Å². The number of amides is 2. The van der Waals surface area contributed by atoms with Crippen LogP contribution in [0.1, 0.15) is 42.5 Å². The van der Waals surface area contributed by atoms with Crippen molar-refractivity contribution in [1.82, 2.24) is 15.8 Å². The van der Waals surface area contributed by atoms with E-state index in [9.17, 15) is 14.8 Å². The fourth-order valence-electron chi connectivity index (χ4n) is 3.10. The van der Waals surface area contributed by atoms with Crippen LogP contribution in [0.3, 0.4) is 0 Å². The van der Waals surface area contributed by atoms with Gasteiger partial charge in [-0.1, -0.05) is 0 Å². The second kappa shape index (κ2) is 7.47. The molecule has 9 nitrogen and oxygen atoms in total. The third-order valence-corrected chi connectivity index (χ3v) is 4.45. The second-order valence-corrected chi connectivity index (χ2v) is 6.26. The highest BCUT2D eigenvalue weighted by Gasteiger charge is 2.24. The Kier molecular flexibility index (Phi) is 5.13. The van der Waals surface area contributed by atoms with Crippen LogP contribution >= 0.6 is 0 Å². The van der Waals surface area contributed by atoms with Crippen molar-refractivity contribution in [2.75, 3.05) is 6.54 Å². The Morgan fingerprint density at radius 1 is 1.24 bits per heavy atom. The summed E-state index contributed by atoms with van der Waals surface area (Å²) in [6.45, 7) is 0.347. The van der Waals surface area contributed by atoms with Crippen molar-refractivity contribution in [3.63, 3.8) is 0 Å². The molecule has 3 rings (SSSR count). The first-order valence-electron chi connectivity index (χ1n) is 8.36. The quantitative estimate of drug-likeness (QED) is 0.649. The van der Waals surface area contributed by atoms with Gasteiger partial charge in [0.25, 0.3) is 5.91 Å². The summed E-state index contributed by atoms with van der Waals surface area (Å²) >= 11 is 0. The van der Waals surface area contributed by atoms with Crippen molar-refractivity contribution in [3.8, 4) is 0 Å². The first-order chi connectivity index (χ1) is 12.1. The first-order valence-corrected chi connectivity index (χ1v) is 8.36. The van der Waals surface area contributed by atoms with Crippen LogP contribution < -0.4 is 21.3 Å². The Hall–Kier alpha value is -2.68. The molecule has 9 heteroatoms. The molecule has 2 amide bonds. The molecule has 0 saturated heterocycles. The zero-order valence-electron chi connectivity index (χ0n) is 13.7. The third kappa shape index (κ3) is 4.05. The maximum atomic E-state index is 12.4. The van der Waals surface area contributed by atoms with Gasteiger partial charge in [-0.2, -0.15) is 0 Å². The van der Waals surface area contributed by atoms with E-state index in [4.69, 9.17) is 5.73 Å². The van der Waals surface area contributed by atoms with Crippen molar-refractivity contribution >= 4 is 22.8 Å². The van der Waals surface area contributed by atoms with Gasteiger partial charge in [0.15, 0.2) is 0 Å². The number of fused-ring (bicyclic) bond motifs is 1. The van der Waals surface area contributed by atoms with Crippen LogP contribution in [0.5, 0.6) is 0 Å². The molecule has 0 unspecified atom stereocenters. The van der Waals surface area contributed by atoms with Crippen molar-refractivity contribution in [1.29, 1.82) is 0 Å². The fraction of sp³-hybridized carbons (Fsp3) is 0.500. The van der Waals surface area contributed by atoms with Crippen LogP contribution in [0.15, 0.2) is 22.8 Å². The number of nitrogens with zero attached hydrogens (tertiary/aromatic N) is 2. The molecule has 134 valence electrons. The van der Waals surface area contributed by atoms with Gasteiger partial charge in [0, 0.05) is 41.8 Å². The van der Waals surface area contributed by atoms with Crippen molar-refractivity contribution in [3.05, 3.63) is 29.0 Å². The molecular formula is C16H21N5O4. The van der Waals surface area contributed by atoms with Gasteiger partial charge in [0.1, 0.15) is 0 Å². The predicted octanol–water partition coefficient (Wildman–Crippen LogP) is -0.0328. The predicted molar refractivity (Wildman–Crippen MR) is 88.3 cm³/mol.